The van der Waals surface area contributed by atoms with Crippen molar-refractivity contribution in [1.29, 1.82) is 0 Å². The molecule has 1 rings (SSSR count). The summed E-state index contributed by atoms with van der Waals surface area (Å²) in [5, 5.41) is 0. The van der Waals surface area contributed by atoms with Gasteiger partial charge in [-0.05, 0) is 44.9 Å². The van der Waals surface area contributed by atoms with Crippen LogP contribution in [0.4, 0.5) is 4.79 Å². The molecule has 19 heavy (non-hydrogen) atoms. The first-order valence-electron chi connectivity index (χ1n) is 6.12. The standard InChI is InChI=1S/C14H18O5/c1-5-17-13(15)11-8-9(3)7-10(4)12(11)19-14(16)18-6-2/h7-8H,5-6H2,1-4H3. The molecule has 0 heterocycles. The lowest BCUT2D eigenvalue weighted by Crippen LogP contribution is -2.15. The summed E-state index contributed by atoms with van der Waals surface area (Å²) in [6.45, 7) is 7.46. The lowest BCUT2D eigenvalue weighted by molar-refractivity contribution is 0.0520. The maximum atomic E-state index is 11.9. The van der Waals surface area contributed by atoms with Crippen LogP contribution in [0.3, 0.4) is 0 Å². The van der Waals surface area contributed by atoms with E-state index in [2.05, 4.69) is 0 Å². The van der Waals surface area contributed by atoms with Crippen LogP contribution in [0.5, 0.6) is 5.75 Å². The SMILES string of the molecule is CCOC(=O)Oc1c(C)cc(C)cc1C(=O)OCC. The molecule has 0 bridgehead atoms. The fourth-order valence-corrected chi connectivity index (χ4v) is 1.68. The lowest BCUT2D eigenvalue weighted by Gasteiger charge is -2.12. The average Bonchev–Trinajstić information content (AvgIpc) is 2.33. The monoisotopic (exact) mass is 266 g/mol. The maximum absolute atomic E-state index is 11.9. The molecule has 0 unspecified atom stereocenters. The van der Waals surface area contributed by atoms with Gasteiger partial charge in [0.15, 0.2) is 5.75 Å². The van der Waals surface area contributed by atoms with Crippen molar-refractivity contribution in [2.75, 3.05) is 13.2 Å². The molecule has 5 heteroatoms. The van der Waals surface area contributed by atoms with Crippen LogP contribution in [0.15, 0.2) is 12.1 Å². The van der Waals surface area contributed by atoms with Crippen molar-refractivity contribution in [3.63, 3.8) is 0 Å². The molecule has 0 aliphatic carbocycles. The van der Waals surface area contributed by atoms with Gasteiger partial charge in [0.2, 0.25) is 0 Å². The minimum atomic E-state index is -0.833. The molecule has 0 N–H and O–H groups in total. The normalized spacial score (nSPS) is 9.89. The van der Waals surface area contributed by atoms with Gasteiger partial charge in [-0.1, -0.05) is 6.07 Å². The van der Waals surface area contributed by atoms with E-state index >= 15 is 0 Å². The Hall–Kier alpha value is -2.04. The second-order valence-electron chi connectivity index (χ2n) is 3.96. The predicted molar refractivity (Wildman–Crippen MR) is 69.5 cm³/mol. The Kier molecular flexibility index (Phi) is 5.36. The van der Waals surface area contributed by atoms with E-state index in [1.165, 1.54) is 0 Å². The van der Waals surface area contributed by atoms with Gasteiger partial charge in [0.1, 0.15) is 5.56 Å². The van der Waals surface area contributed by atoms with E-state index in [9.17, 15) is 9.59 Å². The molecular formula is C14H18O5. The highest BCUT2D eigenvalue weighted by Gasteiger charge is 2.19. The first kappa shape index (κ1) is 15.0. The Morgan fingerprint density at radius 1 is 1.05 bits per heavy atom. The van der Waals surface area contributed by atoms with Crippen molar-refractivity contribution in [3.8, 4) is 5.75 Å². The smallest absolute Gasteiger partial charge is 0.462 e. The molecular weight excluding hydrogens is 248 g/mol. The highest BCUT2D eigenvalue weighted by molar-refractivity contribution is 5.94. The summed E-state index contributed by atoms with van der Waals surface area (Å²) in [5.41, 5.74) is 1.79. The summed E-state index contributed by atoms with van der Waals surface area (Å²) in [4.78, 5) is 23.2. The molecule has 0 aliphatic rings. The summed E-state index contributed by atoms with van der Waals surface area (Å²) in [6.07, 6.45) is -0.833. The number of benzene rings is 1. The predicted octanol–water partition coefficient (Wildman–Crippen LogP) is 3.02. The molecule has 0 spiro atoms. The molecule has 0 atom stereocenters. The lowest BCUT2D eigenvalue weighted by atomic mass is 10.1. The molecule has 0 saturated carbocycles. The van der Waals surface area contributed by atoms with Crippen molar-refractivity contribution in [3.05, 3.63) is 28.8 Å². The molecule has 1 aromatic rings. The molecule has 0 radical (unpaired) electrons. The maximum Gasteiger partial charge on any atom is 0.513 e. The molecule has 0 fully saturated rings. The molecule has 104 valence electrons. The number of hydrogen-bond acceptors (Lipinski definition) is 5. The fourth-order valence-electron chi connectivity index (χ4n) is 1.68. The van der Waals surface area contributed by atoms with Gasteiger partial charge in [-0.2, -0.15) is 0 Å². The second-order valence-corrected chi connectivity index (χ2v) is 3.96. The minimum absolute atomic E-state index is 0.183. The van der Waals surface area contributed by atoms with Gasteiger partial charge in [0, 0.05) is 0 Å². The molecule has 1 aromatic carbocycles. The van der Waals surface area contributed by atoms with E-state index in [0.717, 1.165) is 5.56 Å². The average molecular weight is 266 g/mol. The Morgan fingerprint density at radius 2 is 1.68 bits per heavy atom. The van der Waals surface area contributed by atoms with E-state index in [4.69, 9.17) is 14.2 Å². The second kappa shape index (κ2) is 6.78. The zero-order valence-corrected chi connectivity index (χ0v) is 11.6. The third kappa shape index (κ3) is 3.98. The van der Waals surface area contributed by atoms with Crippen molar-refractivity contribution in [2.24, 2.45) is 0 Å². The number of ether oxygens (including phenoxy) is 3. The molecule has 0 aromatic heterocycles. The van der Waals surface area contributed by atoms with Gasteiger partial charge < -0.3 is 14.2 Å². The number of carbonyl (C=O) groups excluding carboxylic acids is 2. The van der Waals surface area contributed by atoms with E-state index in [-0.39, 0.29) is 24.5 Å². The largest absolute Gasteiger partial charge is 0.513 e. The number of esters is 1. The number of aryl methyl sites for hydroxylation is 2. The third-order valence-corrected chi connectivity index (χ3v) is 2.36. The highest BCUT2D eigenvalue weighted by atomic mass is 16.7. The van der Waals surface area contributed by atoms with Crippen molar-refractivity contribution in [1.82, 2.24) is 0 Å². The Labute approximate surface area is 112 Å². The Balaban J connectivity index is 3.13. The summed E-state index contributed by atoms with van der Waals surface area (Å²) >= 11 is 0. The van der Waals surface area contributed by atoms with Gasteiger partial charge in [-0.3, -0.25) is 0 Å². The van der Waals surface area contributed by atoms with Crippen molar-refractivity contribution in [2.45, 2.75) is 27.7 Å². The zero-order chi connectivity index (χ0) is 14.4. The molecule has 0 saturated heterocycles. The fraction of sp³-hybridized carbons (Fsp3) is 0.429. The quantitative estimate of drug-likeness (QED) is 0.619. The summed E-state index contributed by atoms with van der Waals surface area (Å²) in [7, 11) is 0. The third-order valence-electron chi connectivity index (χ3n) is 2.36. The van der Waals surface area contributed by atoms with Crippen LogP contribution in [0.25, 0.3) is 0 Å². The van der Waals surface area contributed by atoms with Crippen LogP contribution in [0, 0.1) is 13.8 Å². The molecule has 0 amide bonds. The number of hydrogen-bond donors (Lipinski definition) is 0. The first-order valence-corrected chi connectivity index (χ1v) is 6.12. The van der Waals surface area contributed by atoms with Gasteiger partial charge in [-0.15, -0.1) is 0 Å². The van der Waals surface area contributed by atoms with E-state index < -0.39 is 12.1 Å². The molecule has 0 aliphatic heterocycles. The van der Waals surface area contributed by atoms with E-state index in [1.54, 1.807) is 26.8 Å². The zero-order valence-electron chi connectivity index (χ0n) is 11.6. The van der Waals surface area contributed by atoms with Gasteiger partial charge in [-0.25, -0.2) is 9.59 Å². The minimum Gasteiger partial charge on any atom is -0.462 e. The van der Waals surface area contributed by atoms with Gasteiger partial charge in [0.25, 0.3) is 0 Å². The van der Waals surface area contributed by atoms with E-state index in [1.807, 2.05) is 13.0 Å². The Morgan fingerprint density at radius 3 is 2.26 bits per heavy atom. The molecule has 5 nitrogen and oxygen atoms in total. The van der Waals surface area contributed by atoms with E-state index in [0.29, 0.717) is 5.56 Å². The van der Waals surface area contributed by atoms with Crippen LogP contribution >= 0.6 is 0 Å². The van der Waals surface area contributed by atoms with Crippen LogP contribution in [-0.2, 0) is 9.47 Å². The highest BCUT2D eigenvalue weighted by Crippen LogP contribution is 2.26. The summed E-state index contributed by atoms with van der Waals surface area (Å²) in [6, 6.07) is 3.44. The van der Waals surface area contributed by atoms with Gasteiger partial charge in [0.05, 0.1) is 13.2 Å². The van der Waals surface area contributed by atoms with Crippen LogP contribution in [-0.4, -0.2) is 25.3 Å². The van der Waals surface area contributed by atoms with Crippen molar-refractivity contribution < 1.29 is 23.8 Å². The van der Waals surface area contributed by atoms with Crippen LogP contribution < -0.4 is 4.74 Å². The number of carbonyl (C=O) groups is 2. The van der Waals surface area contributed by atoms with Gasteiger partial charge >= 0.3 is 12.1 Å². The topological polar surface area (TPSA) is 61.8 Å². The Bertz CT molecular complexity index is 479. The summed E-state index contributed by atoms with van der Waals surface area (Å²) < 4.78 is 14.7. The number of rotatable bonds is 4. The van der Waals surface area contributed by atoms with Crippen molar-refractivity contribution >= 4 is 12.1 Å². The van der Waals surface area contributed by atoms with Crippen LogP contribution in [0.1, 0.15) is 35.3 Å². The first-order chi connectivity index (χ1) is 8.99. The van der Waals surface area contributed by atoms with Crippen LogP contribution in [0.2, 0.25) is 0 Å². The summed E-state index contributed by atoms with van der Waals surface area (Å²) in [5.74, 6) is -0.337.